The number of hydrogen-bond acceptors (Lipinski definition) is 3. The minimum atomic E-state index is -0.736. The standard InChI is InChI=1S/C30H24F2O3/c1-34-26-15-7-20(8-16-26)28(21-9-17-27(35-2)18-10-21)19-29(22-3-11-24(31)12-4-22)30(33)23-5-13-25(32)14-6-23/h3-19,29H,1-2H3/t29-/m0/s1. The van der Waals surface area contributed by atoms with Gasteiger partial charge in [0.1, 0.15) is 23.1 Å². The molecule has 0 fully saturated rings. The molecule has 0 unspecified atom stereocenters. The Kier molecular flexibility index (Phi) is 7.36. The number of Topliss-reactive ketones (excluding diaryl/α,β-unsaturated/α-hetero) is 1. The van der Waals surface area contributed by atoms with Crippen LogP contribution in [-0.2, 0) is 0 Å². The van der Waals surface area contributed by atoms with Gasteiger partial charge in [0, 0.05) is 5.56 Å². The van der Waals surface area contributed by atoms with Gasteiger partial charge in [0.05, 0.1) is 20.1 Å². The predicted octanol–water partition coefficient (Wildman–Crippen LogP) is 7.08. The van der Waals surface area contributed by atoms with Crippen LogP contribution in [0.4, 0.5) is 8.78 Å². The summed E-state index contributed by atoms with van der Waals surface area (Å²) in [5, 5.41) is 0. The largest absolute Gasteiger partial charge is 0.497 e. The van der Waals surface area contributed by atoms with Crippen molar-refractivity contribution in [2.75, 3.05) is 14.2 Å². The van der Waals surface area contributed by atoms with Gasteiger partial charge in [0.15, 0.2) is 5.78 Å². The summed E-state index contributed by atoms with van der Waals surface area (Å²) in [6.45, 7) is 0. The van der Waals surface area contributed by atoms with Crippen LogP contribution in [0, 0.1) is 11.6 Å². The number of rotatable bonds is 8. The number of carbonyl (C=O) groups is 1. The average molecular weight is 471 g/mol. The summed E-state index contributed by atoms with van der Waals surface area (Å²) in [5.74, 6) is -0.360. The molecule has 0 amide bonds. The van der Waals surface area contributed by atoms with E-state index in [2.05, 4.69) is 0 Å². The molecule has 5 heteroatoms. The first-order valence-electron chi connectivity index (χ1n) is 11.0. The Hall–Kier alpha value is -4.25. The minimum absolute atomic E-state index is 0.226. The molecule has 0 spiro atoms. The molecular formula is C30H24F2O3. The molecule has 176 valence electrons. The quantitative estimate of drug-likeness (QED) is 0.258. The van der Waals surface area contributed by atoms with Gasteiger partial charge in [-0.3, -0.25) is 4.79 Å². The van der Waals surface area contributed by atoms with Crippen molar-refractivity contribution in [2.24, 2.45) is 0 Å². The minimum Gasteiger partial charge on any atom is -0.497 e. The van der Waals surface area contributed by atoms with Crippen molar-refractivity contribution < 1.29 is 23.0 Å². The topological polar surface area (TPSA) is 35.5 Å². The van der Waals surface area contributed by atoms with Gasteiger partial charge in [-0.05, 0) is 82.9 Å². The second-order valence-electron chi connectivity index (χ2n) is 7.94. The lowest BCUT2D eigenvalue weighted by Gasteiger charge is -2.17. The Bertz CT molecular complexity index is 1260. The fourth-order valence-electron chi connectivity index (χ4n) is 3.85. The first-order valence-corrected chi connectivity index (χ1v) is 11.0. The molecule has 35 heavy (non-hydrogen) atoms. The van der Waals surface area contributed by atoms with E-state index in [4.69, 9.17) is 9.47 Å². The Morgan fingerprint density at radius 2 is 1.03 bits per heavy atom. The highest BCUT2D eigenvalue weighted by Crippen LogP contribution is 2.32. The van der Waals surface area contributed by atoms with Gasteiger partial charge < -0.3 is 9.47 Å². The van der Waals surface area contributed by atoms with Gasteiger partial charge in [-0.2, -0.15) is 0 Å². The normalized spacial score (nSPS) is 11.4. The first-order chi connectivity index (χ1) is 17.0. The van der Waals surface area contributed by atoms with Crippen LogP contribution < -0.4 is 9.47 Å². The van der Waals surface area contributed by atoms with E-state index in [1.165, 1.54) is 36.4 Å². The van der Waals surface area contributed by atoms with Gasteiger partial charge in [-0.1, -0.05) is 42.5 Å². The van der Waals surface area contributed by atoms with E-state index >= 15 is 0 Å². The summed E-state index contributed by atoms with van der Waals surface area (Å²) in [6, 6.07) is 26.3. The maximum absolute atomic E-state index is 13.7. The summed E-state index contributed by atoms with van der Waals surface area (Å²) >= 11 is 0. The molecule has 0 saturated heterocycles. The van der Waals surface area contributed by atoms with Crippen LogP contribution in [0.2, 0.25) is 0 Å². The van der Waals surface area contributed by atoms with E-state index in [0.717, 1.165) is 16.7 Å². The SMILES string of the molecule is COc1ccc(C(=C[C@H](C(=O)c2ccc(F)cc2)c2ccc(F)cc2)c2ccc(OC)cc2)cc1. The zero-order valence-corrected chi connectivity index (χ0v) is 19.4. The average Bonchev–Trinajstić information content (AvgIpc) is 2.90. The van der Waals surface area contributed by atoms with Crippen LogP contribution in [0.25, 0.3) is 5.57 Å². The molecule has 4 aromatic rings. The molecule has 0 heterocycles. The third-order valence-corrected chi connectivity index (χ3v) is 5.78. The fraction of sp³-hybridized carbons (Fsp3) is 0.100. The molecule has 0 aromatic heterocycles. The third kappa shape index (κ3) is 5.64. The van der Waals surface area contributed by atoms with Crippen LogP contribution in [0.5, 0.6) is 11.5 Å². The summed E-state index contributed by atoms with van der Waals surface area (Å²) in [5.41, 5.74) is 3.53. The highest BCUT2D eigenvalue weighted by Gasteiger charge is 2.22. The number of halogens is 2. The van der Waals surface area contributed by atoms with Crippen LogP contribution >= 0.6 is 0 Å². The second-order valence-corrected chi connectivity index (χ2v) is 7.94. The molecule has 0 radical (unpaired) electrons. The summed E-state index contributed by atoms with van der Waals surface area (Å²) in [6.07, 6.45) is 1.86. The van der Waals surface area contributed by atoms with Crippen LogP contribution in [0.3, 0.4) is 0 Å². The zero-order chi connectivity index (χ0) is 24.8. The summed E-state index contributed by atoms with van der Waals surface area (Å²) < 4.78 is 37.8. The molecule has 4 rings (SSSR count). The van der Waals surface area contributed by atoms with Crippen LogP contribution in [0.1, 0.15) is 33.0 Å². The van der Waals surface area contributed by atoms with Crippen molar-refractivity contribution in [1.82, 2.24) is 0 Å². The number of methoxy groups -OCH3 is 2. The van der Waals surface area contributed by atoms with Crippen molar-refractivity contribution in [3.63, 3.8) is 0 Å². The summed E-state index contributed by atoms with van der Waals surface area (Å²) in [7, 11) is 3.20. The van der Waals surface area contributed by atoms with Crippen LogP contribution in [-0.4, -0.2) is 20.0 Å². The van der Waals surface area contributed by atoms with Crippen molar-refractivity contribution >= 4 is 11.4 Å². The fourth-order valence-corrected chi connectivity index (χ4v) is 3.85. The lowest BCUT2D eigenvalue weighted by molar-refractivity contribution is 0.0976. The zero-order valence-electron chi connectivity index (χ0n) is 19.4. The molecule has 0 aliphatic carbocycles. The number of carbonyl (C=O) groups excluding carboxylic acids is 1. The van der Waals surface area contributed by atoms with Crippen molar-refractivity contribution in [3.8, 4) is 11.5 Å². The monoisotopic (exact) mass is 470 g/mol. The predicted molar refractivity (Wildman–Crippen MR) is 133 cm³/mol. The Balaban J connectivity index is 1.88. The Labute approximate surface area is 203 Å². The molecule has 3 nitrogen and oxygen atoms in total. The van der Waals surface area contributed by atoms with Crippen molar-refractivity contribution in [1.29, 1.82) is 0 Å². The van der Waals surface area contributed by atoms with Crippen molar-refractivity contribution in [2.45, 2.75) is 5.92 Å². The number of ketones is 1. The lowest BCUT2D eigenvalue weighted by Crippen LogP contribution is -2.12. The maximum Gasteiger partial charge on any atom is 0.174 e. The second kappa shape index (κ2) is 10.8. The van der Waals surface area contributed by atoms with E-state index in [1.54, 1.807) is 26.4 Å². The summed E-state index contributed by atoms with van der Waals surface area (Å²) in [4.78, 5) is 13.6. The maximum atomic E-state index is 13.7. The number of ether oxygens (including phenoxy) is 2. The molecule has 0 N–H and O–H groups in total. The Morgan fingerprint density at radius 3 is 1.46 bits per heavy atom. The molecule has 0 aliphatic rings. The van der Waals surface area contributed by atoms with E-state index in [-0.39, 0.29) is 5.78 Å². The third-order valence-electron chi connectivity index (χ3n) is 5.78. The molecule has 1 atom stereocenters. The molecule has 4 aromatic carbocycles. The Morgan fingerprint density at radius 1 is 0.629 bits per heavy atom. The number of allylic oxidation sites excluding steroid dienone is 1. The molecule has 0 aliphatic heterocycles. The lowest BCUT2D eigenvalue weighted by atomic mass is 9.86. The van der Waals surface area contributed by atoms with Crippen LogP contribution in [0.15, 0.2) is 103 Å². The number of benzene rings is 4. The van der Waals surface area contributed by atoms with E-state index < -0.39 is 17.6 Å². The molecule has 0 saturated carbocycles. The smallest absolute Gasteiger partial charge is 0.174 e. The van der Waals surface area contributed by atoms with E-state index in [0.29, 0.717) is 22.6 Å². The van der Waals surface area contributed by atoms with E-state index in [9.17, 15) is 13.6 Å². The van der Waals surface area contributed by atoms with Gasteiger partial charge >= 0.3 is 0 Å². The first kappa shape index (κ1) is 23.9. The van der Waals surface area contributed by atoms with Gasteiger partial charge in [-0.25, -0.2) is 8.78 Å². The van der Waals surface area contributed by atoms with Gasteiger partial charge in [0.25, 0.3) is 0 Å². The highest BCUT2D eigenvalue weighted by molar-refractivity contribution is 6.03. The van der Waals surface area contributed by atoms with Crippen molar-refractivity contribution in [3.05, 3.63) is 137 Å². The molecule has 0 bridgehead atoms. The number of hydrogen-bond donors (Lipinski definition) is 0. The van der Waals surface area contributed by atoms with E-state index in [1.807, 2.05) is 54.6 Å². The highest BCUT2D eigenvalue weighted by atomic mass is 19.1. The molecular weight excluding hydrogens is 446 g/mol. The van der Waals surface area contributed by atoms with Gasteiger partial charge in [-0.15, -0.1) is 0 Å². The van der Waals surface area contributed by atoms with Gasteiger partial charge in [0.2, 0.25) is 0 Å².